The third-order valence-electron chi connectivity index (χ3n) is 10.4. The van der Waals surface area contributed by atoms with Crippen LogP contribution in [0.5, 0.6) is 0 Å². The van der Waals surface area contributed by atoms with Crippen molar-refractivity contribution in [3.8, 4) is 24.0 Å². The molecule has 52 heavy (non-hydrogen) atoms. The standard InChI is InChI=1S/C48H24N2S2/c49-25-36-19-29-4-1-3-28(39(29)22-37(36)26-50)8-7-27-15-46-38(48(52)16-27)14-13-34-18-33-10-9-32-17-31-11-12-35-21-45-30(5-2-6-47(45)51)20-40(35)41(31)23-42(32)43(33)24-44(34)46/h1-6,9-24,51-52H. The number of benzene rings is 10. The van der Waals surface area contributed by atoms with Gasteiger partial charge in [-0.1, -0.05) is 72.5 Å². The molecule has 0 saturated carbocycles. The fraction of sp³-hybridized carbons (Fsp3) is 0. The molecule has 0 amide bonds. The average Bonchev–Trinajstić information content (AvgIpc) is 3.17. The zero-order valence-electron chi connectivity index (χ0n) is 27.5. The fourth-order valence-electron chi connectivity index (χ4n) is 7.85. The van der Waals surface area contributed by atoms with Crippen molar-refractivity contribution in [2.24, 2.45) is 0 Å². The van der Waals surface area contributed by atoms with E-state index in [1.54, 1.807) is 12.1 Å². The first-order chi connectivity index (χ1) is 25.4. The molecule has 0 atom stereocenters. The number of rotatable bonds is 0. The van der Waals surface area contributed by atoms with E-state index in [1.807, 2.05) is 30.3 Å². The first kappa shape index (κ1) is 30.4. The Morgan fingerprint density at radius 1 is 0.327 bits per heavy atom. The van der Waals surface area contributed by atoms with Gasteiger partial charge >= 0.3 is 0 Å². The summed E-state index contributed by atoms with van der Waals surface area (Å²) in [7, 11) is 0. The van der Waals surface area contributed by atoms with Crippen molar-refractivity contribution in [1.82, 2.24) is 0 Å². The molecule has 0 aromatic heterocycles. The predicted octanol–water partition coefficient (Wildman–Crippen LogP) is 12.6. The number of hydrogen-bond acceptors (Lipinski definition) is 4. The monoisotopic (exact) mass is 692 g/mol. The number of thiol groups is 2. The Morgan fingerprint density at radius 3 is 1.52 bits per heavy atom. The van der Waals surface area contributed by atoms with Gasteiger partial charge in [0, 0.05) is 20.9 Å². The Bertz CT molecular complexity index is 3410. The highest BCUT2D eigenvalue weighted by atomic mass is 32.1. The van der Waals surface area contributed by atoms with E-state index in [0.29, 0.717) is 11.1 Å². The number of fused-ring (bicyclic) bond motifs is 11. The molecular formula is C48H24N2S2. The Labute approximate surface area is 309 Å². The Kier molecular flexibility index (Phi) is 6.73. The average molecular weight is 693 g/mol. The molecule has 0 unspecified atom stereocenters. The number of nitriles is 2. The first-order valence-electron chi connectivity index (χ1n) is 16.9. The van der Waals surface area contributed by atoms with E-state index in [2.05, 4.69) is 115 Å². The molecule has 4 heteroatoms. The SMILES string of the molecule is N#Cc1cc2cccc(C#Cc3cc(S)c4ccc5cc6ccc7cc8ccc9cc%10c(S)cccc%10cc9c8cc7c6cc5c4c3)c2cc1C#N. The third-order valence-corrected chi connectivity index (χ3v) is 11.2. The van der Waals surface area contributed by atoms with Crippen LogP contribution in [0.4, 0.5) is 0 Å². The zero-order chi connectivity index (χ0) is 35.1. The van der Waals surface area contributed by atoms with Gasteiger partial charge in [0.25, 0.3) is 0 Å². The van der Waals surface area contributed by atoms with Crippen molar-refractivity contribution in [3.63, 3.8) is 0 Å². The minimum Gasteiger partial charge on any atom is -0.192 e. The molecule has 238 valence electrons. The largest absolute Gasteiger partial charge is 0.192 e. The molecule has 10 rings (SSSR count). The first-order valence-corrected chi connectivity index (χ1v) is 17.8. The second-order valence-electron chi connectivity index (χ2n) is 13.3. The van der Waals surface area contributed by atoms with E-state index < -0.39 is 0 Å². The maximum Gasteiger partial charge on any atom is 0.101 e. The molecule has 0 radical (unpaired) electrons. The summed E-state index contributed by atoms with van der Waals surface area (Å²) in [4.78, 5) is 1.85. The fourth-order valence-corrected chi connectivity index (χ4v) is 8.46. The maximum absolute atomic E-state index is 9.63. The topological polar surface area (TPSA) is 47.6 Å². The van der Waals surface area contributed by atoms with E-state index in [0.717, 1.165) is 58.6 Å². The molecule has 10 aromatic carbocycles. The molecule has 0 fully saturated rings. The lowest BCUT2D eigenvalue weighted by Gasteiger charge is -2.13. The van der Waals surface area contributed by atoms with E-state index in [1.165, 1.54) is 48.5 Å². The molecule has 0 aliphatic rings. The van der Waals surface area contributed by atoms with Crippen LogP contribution in [0.25, 0.3) is 86.2 Å². The van der Waals surface area contributed by atoms with Crippen molar-refractivity contribution in [2.45, 2.75) is 9.79 Å². The van der Waals surface area contributed by atoms with Gasteiger partial charge in [0.15, 0.2) is 0 Å². The summed E-state index contributed by atoms with van der Waals surface area (Å²) >= 11 is 9.66. The third kappa shape index (κ3) is 4.69. The van der Waals surface area contributed by atoms with Crippen LogP contribution < -0.4 is 0 Å². The lowest BCUT2D eigenvalue weighted by molar-refractivity contribution is 1.44. The molecule has 0 aliphatic carbocycles. The highest BCUT2D eigenvalue weighted by Crippen LogP contribution is 2.39. The van der Waals surface area contributed by atoms with Crippen molar-refractivity contribution in [1.29, 1.82) is 10.5 Å². The van der Waals surface area contributed by atoms with Crippen molar-refractivity contribution in [3.05, 3.63) is 156 Å². The molecule has 0 heterocycles. The summed E-state index contributed by atoms with van der Waals surface area (Å²) in [5.41, 5.74) is 2.36. The van der Waals surface area contributed by atoms with Crippen LogP contribution in [0.2, 0.25) is 0 Å². The second kappa shape index (κ2) is 11.5. The van der Waals surface area contributed by atoms with Gasteiger partial charge < -0.3 is 0 Å². The van der Waals surface area contributed by atoms with Gasteiger partial charge in [-0.15, -0.1) is 25.3 Å². The second-order valence-corrected chi connectivity index (χ2v) is 14.3. The maximum atomic E-state index is 9.63. The summed E-state index contributed by atoms with van der Waals surface area (Å²) in [6.07, 6.45) is 0. The molecule has 0 bridgehead atoms. The van der Waals surface area contributed by atoms with E-state index in [4.69, 9.17) is 25.3 Å². The minimum absolute atomic E-state index is 0.348. The molecule has 2 nitrogen and oxygen atoms in total. The summed E-state index contributed by atoms with van der Waals surface area (Å²) in [6, 6.07) is 51.1. The quantitative estimate of drug-likeness (QED) is 0.0719. The lowest BCUT2D eigenvalue weighted by Crippen LogP contribution is -1.88. The molecule has 0 N–H and O–H groups in total. The van der Waals surface area contributed by atoms with Gasteiger partial charge in [-0.2, -0.15) is 10.5 Å². The van der Waals surface area contributed by atoms with Gasteiger partial charge in [0.05, 0.1) is 11.1 Å². The Morgan fingerprint density at radius 2 is 0.846 bits per heavy atom. The van der Waals surface area contributed by atoms with Crippen LogP contribution in [0.1, 0.15) is 22.3 Å². The van der Waals surface area contributed by atoms with E-state index in [9.17, 15) is 10.5 Å². The zero-order valence-corrected chi connectivity index (χ0v) is 29.3. The van der Waals surface area contributed by atoms with Crippen LogP contribution >= 0.6 is 25.3 Å². The van der Waals surface area contributed by atoms with Crippen molar-refractivity contribution in [2.75, 3.05) is 0 Å². The molecule has 0 spiro atoms. The van der Waals surface area contributed by atoms with Crippen LogP contribution in [0, 0.1) is 34.5 Å². The molecule has 0 saturated heterocycles. The molecular weight excluding hydrogens is 669 g/mol. The molecule has 10 aromatic rings. The normalized spacial score (nSPS) is 11.5. The summed E-state index contributed by atoms with van der Waals surface area (Å²) in [5.74, 6) is 6.74. The summed E-state index contributed by atoms with van der Waals surface area (Å²) < 4.78 is 0. The smallest absolute Gasteiger partial charge is 0.101 e. The van der Waals surface area contributed by atoms with Gasteiger partial charge in [-0.3, -0.25) is 0 Å². The van der Waals surface area contributed by atoms with Crippen LogP contribution in [-0.4, -0.2) is 0 Å². The Hall–Kier alpha value is -6.48. The van der Waals surface area contributed by atoms with Crippen LogP contribution in [0.15, 0.2) is 143 Å². The van der Waals surface area contributed by atoms with Gasteiger partial charge in [-0.25, -0.2) is 0 Å². The van der Waals surface area contributed by atoms with Crippen LogP contribution in [-0.2, 0) is 0 Å². The molecule has 0 aliphatic heterocycles. The van der Waals surface area contributed by atoms with E-state index in [-0.39, 0.29) is 0 Å². The summed E-state index contributed by atoms with van der Waals surface area (Å²) in [6.45, 7) is 0. The summed E-state index contributed by atoms with van der Waals surface area (Å²) in [5, 5.41) is 37.4. The van der Waals surface area contributed by atoms with Gasteiger partial charge in [0.1, 0.15) is 12.1 Å². The Balaban J connectivity index is 1.18. The van der Waals surface area contributed by atoms with Crippen LogP contribution in [0.3, 0.4) is 0 Å². The van der Waals surface area contributed by atoms with E-state index >= 15 is 0 Å². The predicted molar refractivity (Wildman–Crippen MR) is 223 cm³/mol. The van der Waals surface area contributed by atoms with Crippen molar-refractivity contribution >= 4 is 111 Å². The highest BCUT2D eigenvalue weighted by molar-refractivity contribution is 7.80. The van der Waals surface area contributed by atoms with Gasteiger partial charge in [0.2, 0.25) is 0 Å². The lowest BCUT2D eigenvalue weighted by atomic mass is 9.92. The van der Waals surface area contributed by atoms with Gasteiger partial charge in [-0.05, 0) is 159 Å². The number of hydrogen-bond donors (Lipinski definition) is 2. The van der Waals surface area contributed by atoms with Crippen molar-refractivity contribution < 1.29 is 0 Å². The highest BCUT2D eigenvalue weighted by Gasteiger charge is 2.12. The minimum atomic E-state index is 0.348. The number of nitrogens with zero attached hydrogens (tertiary/aromatic N) is 2.